The van der Waals surface area contributed by atoms with Crippen molar-refractivity contribution in [3.63, 3.8) is 0 Å². The van der Waals surface area contributed by atoms with Crippen LogP contribution in [0.1, 0.15) is 52.4 Å². The summed E-state index contributed by atoms with van der Waals surface area (Å²) in [6.45, 7) is 6.25. The van der Waals surface area contributed by atoms with Crippen molar-refractivity contribution in [3.8, 4) is 0 Å². The second-order valence-electron chi connectivity index (χ2n) is 5.61. The maximum Gasteiger partial charge on any atom is 0.240 e. The van der Waals surface area contributed by atoms with Gasteiger partial charge in [-0.25, -0.2) is 0 Å². The summed E-state index contributed by atoms with van der Waals surface area (Å²) in [7, 11) is 0. The van der Waals surface area contributed by atoms with E-state index in [0.29, 0.717) is 17.9 Å². The van der Waals surface area contributed by atoms with Crippen molar-refractivity contribution in [2.45, 2.75) is 64.5 Å². The fourth-order valence-electron chi connectivity index (χ4n) is 3.40. The first kappa shape index (κ1) is 12.9. The van der Waals surface area contributed by atoms with Gasteiger partial charge >= 0.3 is 0 Å². The van der Waals surface area contributed by atoms with Crippen LogP contribution in [-0.4, -0.2) is 36.0 Å². The predicted octanol–water partition coefficient (Wildman–Crippen LogP) is 2.17. The Morgan fingerprint density at radius 2 is 2.00 bits per heavy atom. The molecule has 2 rings (SSSR count). The fourth-order valence-corrected chi connectivity index (χ4v) is 3.40. The molecule has 98 valence electrons. The zero-order valence-electron chi connectivity index (χ0n) is 11.2. The molecular formula is C14H26N2O. The van der Waals surface area contributed by atoms with Crippen molar-refractivity contribution in [2.75, 3.05) is 13.1 Å². The van der Waals surface area contributed by atoms with E-state index in [9.17, 15) is 4.79 Å². The average molecular weight is 238 g/mol. The summed E-state index contributed by atoms with van der Waals surface area (Å²) in [5.74, 6) is 1.03. The van der Waals surface area contributed by atoms with Crippen molar-refractivity contribution in [1.29, 1.82) is 0 Å². The highest BCUT2D eigenvalue weighted by molar-refractivity contribution is 5.84. The third kappa shape index (κ3) is 2.82. The summed E-state index contributed by atoms with van der Waals surface area (Å²) in [6.07, 6.45) is 7.49. The lowest BCUT2D eigenvalue weighted by atomic mass is 9.95. The second kappa shape index (κ2) is 5.85. The van der Waals surface area contributed by atoms with Crippen molar-refractivity contribution in [3.05, 3.63) is 0 Å². The van der Waals surface area contributed by atoms with Crippen molar-refractivity contribution in [1.82, 2.24) is 10.2 Å². The van der Waals surface area contributed by atoms with Gasteiger partial charge in [0.2, 0.25) is 5.91 Å². The van der Waals surface area contributed by atoms with Gasteiger partial charge in [0.25, 0.3) is 0 Å². The van der Waals surface area contributed by atoms with Crippen LogP contribution < -0.4 is 5.32 Å². The number of likely N-dealkylation sites (N-methyl/N-ethyl adjacent to an activating group) is 1. The molecule has 1 aliphatic heterocycles. The molecule has 3 heteroatoms. The number of carbonyl (C=O) groups is 1. The molecule has 1 amide bonds. The van der Waals surface area contributed by atoms with E-state index < -0.39 is 0 Å². The molecule has 3 nitrogen and oxygen atoms in total. The first-order valence-electron chi connectivity index (χ1n) is 7.28. The third-order valence-corrected chi connectivity index (χ3v) is 4.41. The lowest BCUT2D eigenvalue weighted by molar-refractivity contribution is -0.132. The Hall–Kier alpha value is -0.570. The molecule has 0 radical (unpaired) electrons. The zero-order valence-corrected chi connectivity index (χ0v) is 11.2. The van der Waals surface area contributed by atoms with E-state index in [1.165, 1.54) is 32.1 Å². The molecule has 2 aliphatic rings. The number of hydrogen-bond donors (Lipinski definition) is 1. The van der Waals surface area contributed by atoms with E-state index in [1.807, 2.05) is 0 Å². The maximum atomic E-state index is 12.3. The van der Waals surface area contributed by atoms with Gasteiger partial charge in [-0.1, -0.05) is 33.1 Å². The monoisotopic (exact) mass is 238 g/mol. The molecule has 0 aromatic carbocycles. The third-order valence-electron chi connectivity index (χ3n) is 4.41. The number of amides is 1. The molecule has 0 spiro atoms. The highest BCUT2D eigenvalue weighted by Crippen LogP contribution is 2.29. The Morgan fingerprint density at radius 1 is 1.24 bits per heavy atom. The van der Waals surface area contributed by atoms with E-state index in [1.54, 1.807) is 0 Å². The summed E-state index contributed by atoms with van der Waals surface area (Å²) in [6, 6.07) is 0.601. The number of hydrogen-bond acceptors (Lipinski definition) is 2. The summed E-state index contributed by atoms with van der Waals surface area (Å²) in [4.78, 5) is 14.5. The second-order valence-corrected chi connectivity index (χ2v) is 5.61. The average Bonchev–Trinajstić information content (AvgIpc) is 2.54. The molecule has 3 unspecified atom stereocenters. The molecule has 2 fully saturated rings. The summed E-state index contributed by atoms with van der Waals surface area (Å²) in [5.41, 5.74) is 0. The van der Waals surface area contributed by atoms with Gasteiger partial charge in [0.05, 0.1) is 6.04 Å². The van der Waals surface area contributed by atoms with Crippen LogP contribution in [0.15, 0.2) is 0 Å². The van der Waals surface area contributed by atoms with Crippen molar-refractivity contribution < 1.29 is 4.79 Å². The molecule has 17 heavy (non-hydrogen) atoms. The first-order valence-corrected chi connectivity index (χ1v) is 7.28. The SMILES string of the molecule is CCNC1CCN(C2CCCCCC2C)C1=O. The minimum atomic E-state index is 0.0930. The number of likely N-dealkylation sites (tertiary alicyclic amines) is 1. The van der Waals surface area contributed by atoms with Gasteiger partial charge in [-0.05, 0) is 31.7 Å². The van der Waals surface area contributed by atoms with Gasteiger partial charge < -0.3 is 10.2 Å². The molecule has 0 aromatic rings. The van der Waals surface area contributed by atoms with Crippen LogP contribution in [0.2, 0.25) is 0 Å². The van der Waals surface area contributed by atoms with Gasteiger partial charge in [0.15, 0.2) is 0 Å². The molecule has 1 N–H and O–H groups in total. The quantitative estimate of drug-likeness (QED) is 0.764. The highest BCUT2D eigenvalue weighted by Gasteiger charge is 2.37. The molecular weight excluding hydrogens is 212 g/mol. The van der Waals surface area contributed by atoms with Crippen LogP contribution in [0.4, 0.5) is 0 Å². The first-order chi connectivity index (χ1) is 8.24. The minimum Gasteiger partial charge on any atom is -0.338 e. The van der Waals surface area contributed by atoms with Crippen LogP contribution in [0.5, 0.6) is 0 Å². The molecule has 0 aromatic heterocycles. The Kier molecular flexibility index (Phi) is 4.43. The molecule has 1 aliphatic carbocycles. The van der Waals surface area contributed by atoms with Crippen LogP contribution in [-0.2, 0) is 4.79 Å². The zero-order chi connectivity index (χ0) is 12.3. The summed E-state index contributed by atoms with van der Waals surface area (Å²) < 4.78 is 0. The van der Waals surface area contributed by atoms with E-state index in [0.717, 1.165) is 19.5 Å². The Bertz CT molecular complexity index is 267. The van der Waals surface area contributed by atoms with Gasteiger partial charge in [-0.15, -0.1) is 0 Å². The van der Waals surface area contributed by atoms with Gasteiger partial charge in [-0.3, -0.25) is 4.79 Å². The molecule has 1 saturated carbocycles. The Morgan fingerprint density at radius 3 is 2.76 bits per heavy atom. The highest BCUT2D eigenvalue weighted by atomic mass is 16.2. The van der Waals surface area contributed by atoms with Crippen LogP contribution in [0, 0.1) is 5.92 Å². The summed E-state index contributed by atoms with van der Waals surface area (Å²) in [5, 5.41) is 3.30. The van der Waals surface area contributed by atoms with Gasteiger partial charge in [0.1, 0.15) is 0 Å². The van der Waals surface area contributed by atoms with Crippen LogP contribution in [0.25, 0.3) is 0 Å². The van der Waals surface area contributed by atoms with Gasteiger partial charge in [0, 0.05) is 12.6 Å². The molecule has 1 heterocycles. The normalized spacial score (nSPS) is 35.1. The number of rotatable bonds is 3. The van der Waals surface area contributed by atoms with Gasteiger partial charge in [-0.2, -0.15) is 0 Å². The van der Waals surface area contributed by atoms with E-state index in [2.05, 4.69) is 24.1 Å². The van der Waals surface area contributed by atoms with Crippen molar-refractivity contribution in [2.24, 2.45) is 5.92 Å². The molecule has 0 bridgehead atoms. The number of carbonyl (C=O) groups excluding carboxylic acids is 1. The molecule has 3 atom stereocenters. The van der Waals surface area contributed by atoms with E-state index >= 15 is 0 Å². The topological polar surface area (TPSA) is 32.3 Å². The maximum absolute atomic E-state index is 12.3. The lowest BCUT2D eigenvalue weighted by Crippen LogP contribution is -2.45. The van der Waals surface area contributed by atoms with Crippen LogP contribution >= 0.6 is 0 Å². The molecule has 1 saturated heterocycles. The fraction of sp³-hybridized carbons (Fsp3) is 0.929. The minimum absolute atomic E-state index is 0.0930. The van der Waals surface area contributed by atoms with E-state index in [4.69, 9.17) is 0 Å². The number of nitrogens with one attached hydrogen (secondary N) is 1. The Labute approximate surface area is 105 Å². The standard InChI is InChI=1S/C14H26N2O/c1-3-15-12-9-10-16(14(12)17)13-8-6-4-5-7-11(13)2/h11-13,15H,3-10H2,1-2H3. The van der Waals surface area contributed by atoms with Crippen LogP contribution in [0.3, 0.4) is 0 Å². The predicted molar refractivity (Wildman–Crippen MR) is 69.8 cm³/mol. The van der Waals surface area contributed by atoms with E-state index in [-0.39, 0.29) is 6.04 Å². The smallest absolute Gasteiger partial charge is 0.240 e. The largest absolute Gasteiger partial charge is 0.338 e. The summed E-state index contributed by atoms with van der Waals surface area (Å²) >= 11 is 0. The number of nitrogens with zero attached hydrogens (tertiary/aromatic N) is 1. The Balaban J connectivity index is 1.99. The lowest BCUT2D eigenvalue weighted by Gasteiger charge is -2.31. The van der Waals surface area contributed by atoms with Crippen molar-refractivity contribution >= 4 is 5.91 Å².